The van der Waals surface area contributed by atoms with Crippen LogP contribution in [-0.4, -0.2) is 40.9 Å². The van der Waals surface area contributed by atoms with Crippen LogP contribution in [0.15, 0.2) is 23.6 Å². The van der Waals surface area contributed by atoms with Crippen molar-refractivity contribution in [3.8, 4) is 0 Å². The van der Waals surface area contributed by atoms with Crippen LogP contribution in [0.5, 0.6) is 0 Å². The van der Waals surface area contributed by atoms with Gasteiger partial charge >= 0.3 is 0 Å². The summed E-state index contributed by atoms with van der Waals surface area (Å²) >= 11 is 6.03. The van der Waals surface area contributed by atoms with E-state index in [-0.39, 0.29) is 10.6 Å². The highest BCUT2D eigenvalue weighted by molar-refractivity contribution is 6.32. The topological polar surface area (TPSA) is 50.2 Å². The highest BCUT2D eigenvalue weighted by Gasteiger charge is 2.08. The van der Waals surface area contributed by atoms with Gasteiger partial charge in [-0.15, -0.1) is 6.58 Å². The van der Waals surface area contributed by atoms with Crippen LogP contribution >= 0.6 is 11.6 Å². The van der Waals surface area contributed by atoms with E-state index in [1.54, 1.807) is 12.3 Å². The lowest BCUT2D eigenvalue weighted by atomic mass is 10.4. The van der Waals surface area contributed by atoms with Gasteiger partial charge in [0.2, 0.25) is 0 Å². The van der Waals surface area contributed by atoms with Gasteiger partial charge in [-0.2, -0.15) is 5.10 Å². The van der Waals surface area contributed by atoms with Gasteiger partial charge in [0.05, 0.1) is 18.4 Å². The SMILES string of the molecule is C=CCn1ncc(NCCN(CC)CC)c(Cl)c1=O. The Morgan fingerprint density at radius 1 is 1.53 bits per heavy atom. The molecule has 0 atom stereocenters. The Labute approximate surface area is 118 Å². The van der Waals surface area contributed by atoms with E-state index in [0.29, 0.717) is 12.2 Å². The van der Waals surface area contributed by atoms with Crippen molar-refractivity contribution in [2.75, 3.05) is 31.5 Å². The summed E-state index contributed by atoms with van der Waals surface area (Å²) in [5.41, 5.74) is 0.286. The number of hydrogen-bond acceptors (Lipinski definition) is 4. The molecule has 0 spiro atoms. The Bertz CT molecular complexity index is 468. The summed E-state index contributed by atoms with van der Waals surface area (Å²) in [5.74, 6) is 0. The first-order chi connectivity index (χ1) is 9.13. The Balaban J connectivity index is 2.67. The summed E-state index contributed by atoms with van der Waals surface area (Å²) in [6.45, 7) is 11.8. The molecule has 0 amide bonds. The molecular weight excluding hydrogens is 264 g/mol. The largest absolute Gasteiger partial charge is 0.381 e. The molecule has 1 aromatic heterocycles. The van der Waals surface area contributed by atoms with Crippen LogP contribution in [0.25, 0.3) is 0 Å². The van der Waals surface area contributed by atoms with Crippen molar-refractivity contribution in [2.45, 2.75) is 20.4 Å². The van der Waals surface area contributed by atoms with E-state index in [1.165, 1.54) is 4.68 Å². The van der Waals surface area contributed by atoms with Crippen LogP contribution in [0.4, 0.5) is 5.69 Å². The first-order valence-corrected chi connectivity index (χ1v) is 6.84. The van der Waals surface area contributed by atoms with Crippen molar-refractivity contribution in [1.29, 1.82) is 0 Å². The Kier molecular flexibility index (Phi) is 6.59. The minimum absolute atomic E-state index is 0.177. The fourth-order valence-electron chi connectivity index (χ4n) is 1.73. The van der Waals surface area contributed by atoms with Gasteiger partial charge in [-0.1, -0.05) is 31.5 Å². The van der Waals surface area contributed by atoms with E-state index in [0.717, 1.165) is 26.2 Å². The number of hydrogen-bond donors (Lipinski definition) is 1. The molecular formula is C13H21ClN4O. The molecule has 0 unspecified atom stereocenters. The Morgan fingerprint density at radius 2 is 2.21 bits per heavy atom. The number of likely N-dealkylation sites (N-methyl/N-ethyl adjacent to an activating group) is 1. The molecule has 19 heavy (non-hydrogen) atoms. The van der Waals surface area contributed by atoms with Crippen LogP contribution in [0.2, 0.25) is 5.02 Å². The maximum Gasteiger partial charge on any atom is 0.287 e. The number of nitrogens with one attached hydrogen (secondary N) is 1. The van der Waals surface area contributed by atoms with Gasteiger partial charge in [0.25, 0.3) is 5.56 Å². The fourth-order valence-corrected chi connectivity index (χ4v) is 1.94. The van der Waals surface area contributed by atoms with Crippen molar-refractivity contribution < 1.29 is 0 Å². The van der Waals surface area contributed by atoms with Crippen LogP contribution < -0.4 is 10.9 Å². The third-order valence-electron chi connectivity index (χ3n) is 2.92. The predicted molar refractivity (Wildman–Crippen MR) is 80.0 cm³/mol. The monoisotopic (exact) mass is 284 g/mol. The zero-order valence-corrected chi connectivity index (χ0v) is 12.3. The van der Waals surface area contributed by atoms with Crippen molar-refractivity contribution in [3.05, 3.63) is 34.2 Å². The summed E-state index contributed by atoms with van der Waals surface area (Å²) in [4.78, 5) is 14.1. The van der Waals surface area contributed by atoms with E-state index in [2.05, 4.69) is 35.7 Å². The minimum atomic E-state index is -0.297. The Hall–Kier alpha value is -1.33. The van der Waals surface area contributed by atoms with E-state index in [1.807, 2.05) is 0 Å². The molecule has 1 rings (SSSR count). The molecule has 106 valence electrons. The van der Waals surface area contributed by atoms with Gasteiger partial charge < -0.3 is 10.2 Å². The van der Waals surface area contributed by atoms with Crippen molar-refractivity contribution in [1.82, 2.24) is 14.7 Å². The number of halogens is 1. The normalized spacial score (nSPS) is 10.7. The average Bonchev–Trinajstić information content (AvgIpc) is 2.42. The molecule has 0 saturated heterocycles. The van der Waals surface area contributed by atoms with E-state index in [4.69, 9.17) is 11.6 Å². The zero-order chi connectivity index (χ0) is 14.3. The molecule has 1 N–H and O–H groups in total. The number of anilines is 1. The number of rotatable bonds is 8. The molecule has 0 aliphatic heterocycles. The molecule has 0 fully saturated rings. The third kappa shape index (κ3) is 4.36. The molecule has 5 nitrogen and oxygen atoms in total. The first-order valence-electron chi connectivity index (χ1n) is 6.46. The summed E-state index contributed by atoms with van der Waals surface area (Å²) in [7, 11) is 0. The quantitative estimate of drug-likeness (QED) is 0.740. The standard InChI is InChI=1S/C13H21ClN4O/c1-4-8-18-13(19)12(14)11(10-16-18)15-7-9-17(5-2)6-3/h4,10,15H,1,5-9H2,2-3H3. The molecule has 0 bridgehead atoms. The lowest BCUT2D eigenvalue weighted by Gasteiger charge is -2.18. The van der Waals surface area contributed by atoms with Crippen LogP contribution in [0.1, 0.15) is 13.8 Å². The molecule has 0 saturated carbocycles. The van der Waals surface area contributed by atoms with Gasteiger partial charge in [0, 0.05) is 13.1 Å². The van der Waals surface area contributed by atoms with E-state index in [9.17, 15) is 4.79 Å². The molecule has 0 aliphatic carbocycles. The maximum atomic E-state index is 11.9. The summed E-state index contributed by atoms with van der Waals surface area (Å²) in [6, 6.07) is 0. The highest BCUT2D eigenvalue weighted by Crippen LogP contribution is 2.14. The smallest absolute Gasteiger partial charge is 0.287 e. The number of nitrogens with zero attached hydrogens (tertiary/aromatic N) is 3. The van der Waals surface area contributed by atoms with Crippen molar-refractivity contribution in [3.63, 3.8) is 0 Å². The molecule has 1 heterocycles. The first kappa shape index (κ1) is 15.7. The average molecular weight is 285 g/mol. The van der Waals surface area contributed by atoms with E-state index >= 15 is 0 Å². The van der Waals surface area contributed by atoms with Gasteiger partial charge in [0.1, 0.15) is 5.02 Å². The summed E-state index contributed by atoms with van der Waals surface area (Å²) in [6.07, 6.45) is 3.19. The van der Waals surface area contributed by atoms with Gasteiger partial charge in [-0.3, -0.25) is 4.79 Å². The fraction of sp³-hybridized carbons (Fsp3) is 0.538. The number of aromatic nitrogens is 2. The maximum absolute atomic E-state index is 11.9. The number of allylic oxidation sites excluding steroid dienone is 1. The van der Waals surface area contributed by atoms with Gasteiger partial charge in [-0.25, -0.2) is 4.68 Å². The van der Waals surface area contributed by atoms with Gasteiger partial charge in [0.15, 0.2) is 0 Å². The summed E-state index contributed by atoms with van der Waals surface area (Å²) in [5, 5.41) is 7.36. The molecule has 1 aromatic rings. The second-order valence-electron chi connectivity index (χ2n) is 4.10. The molecule has 6 heteroatoms. The van der Waals surface area contributed by atoms with Crippen molar-refractivity contribution in [2.24, 2.45) is 0 Å². The lowest BCUT2D eigenvalue weighted by molar-refractivity contribution is 0.316. The Morgan fingerprint density at radius 3 is 2.79 bits per heavy atom. The lowest BCUT2D eigenvalue weighted by Crippen LogP contribution is -2.29. The van der Waals surface area contributed by atoms with Crippen molar-refractivity contribution >= 4 is 17.3 Å². The van der Waals surface area contributed by atoms with Crippen LogP contribution in [0.3, 0.4) is 0 Å². The second-order valence-corrected chi connectivity index (χ2v) is 4.48. The highest BCUT2D eigenvalue weighted by atomic mass is 35.5. The molecule has 0 radical (unpaired) electrons. The zero-order valence-electron chi connectivity index (χ0n) is 11.5. The van der Waals surface area contributed by atoms with Gasteiger partial charge in [-0.05, 0) is 13.1 Å². The third-order valence-corrected chi connectivity index (χ3v) is 3.29. The molecule has 0 aromatic carbocycles. The minimum Gasteiger partial charge on any atom is -0.381 e. The van der Waals surface area contributed by atoms with E-state index < -0.39 is 0 Å². The van der Waals surface area contributed by atoms with Crippen LogP contribution in [0, 0.1) is 0 Å². The second kappa shape index (κ2) is 7.96. The molecule has 0 aliphatic rings. The summed E-state index contributed by atoms with van der Waals surface area (Å²) < 4.78 is 1.28. The van der Waals surface area contributed by atoms with Crippen LogP contribution in [-0.2, 0) is 6.54 Å². The predicted octanol–water partition coefficient (Wildman–Crippen LogP) is 1.84.